The maximum Gasteiger partial charge on any atom is 0.191 e. The van der Waals surface area contributed by atoms with Crippen LogP contribution in [0.15, 0.2) is 4.99 Å². The van der Waals surface area contributed by atoms with Crippen LogP contribution in [-0.2, 0) is 9.84 Å². The maximum absolute atomic E-state index is 11.7. The molecule has 3 aliphatic rings. The average molecular weight is 512 g/mol. The van der Waals surface area contributed by atoms with Gasteiger partial charge in [0.15, 0.2) is 15.8 Å². The number of guanidine groups is 1. The maximum atomic E-state index is 11.7. The van der Waals surface area contributed by atoms with Gasteiger partial charge in [-0.1, -0.05) is 39.0 Å². The highest BCUT2D eigenvalue weighted by Gasteiger charge is 2.28. The third kappa shape index (κ3) is 8.07. The molecule has 0 aromatic rings. The molecule has 3 rings (SSSR count). The van der Waals surface area contributed by atoms with E-state index in [1.54, 1.807) is 0 Å². The molecule has 0 amide bonds. The number of halogens is 1. The lowest BCUT2D eigenvalue weighted by Crippen LogP contribution is -2.46. The van der Waals surface area contributed by atoms with E-state index in [0.29, 0.717) is 24.1 Å². The topological polar surface area (TPSA) is 70.6 Å². The summed E-state index contributed by atoms with van der Waals surface area (Å²) < 4.78 is 23.4. The Hall–Kier alpha value is -0.0500. The van der Waals surface area contributed by atoms with Crippen LogP contribution < -0.4 is 10.6 Å². The largest absolute Gasteiger partial charge is 0.356 e. The first-order valence-electron chi connectivity index (χ1n) is 10.8. The fourth-order valence-electron chi connectivity index (χ4n) is 4.78. The van der Waals surface area contributed by atoms with Gasteiger partial charge in [0.25, 0.3) is 0 Å². The summed E-state index contributed by atoms with van der Waals surface area (Å²) in [5.41, 5.74) is 0. The van der Waals surface area contributed by atoms with Gasteiger partial charge in [0.1, 0.15) is 0 Å². The molecule has 0 spiro atoms. The molecule has 2 saturated carbocycles. The number of nitrogens with one attached hydrogen (secondary N) is 2. The van der Waals surface area contributed by atoms with Gasteiger partial charge in [-0.05, 0) is 49.9 Å². The summed E-state index contributed by atoms with van der Waals surface area (Å²) >= 11 is 0. The standard InChI is InChI=1S/C20H37N3O2S.HI/c1-16-6-5-9-19(12-16)23-20(21-13-17-7-3-2-4-8-17)22-14-18-10-11-26(24,25)15-18;/h16-19H,2-15H2,1H3,(H2,21,22,23);1H. The van der Waals surface area contributed by atoms with Crippen molar-refractivity contribution in [2.45, 2.75) is 77.2 Å². The fraction of sp³-hybridized carbons (Fsp3) is 0.950. The SMILES string of the molecule is CC1CCCC(NC(=NCC2CCS(=O)(=O)C2)NCC2CCCCC2)C1.I. The molecule has 3 fully saturated rings. The summed E-state index contributed by atoms with van der Waals surface area (Å²) in [5.74, 6) is 3.30. The first kappa shape index (κ1) is 23.2. The number of hydrogen-bond donors (Lipinski definition) is 2. The highest BCUT2D eigenvalue weighted by Crippen LogP contribution is 2.24. The van der Waals surface area contributed by atoms with E-state index in [1.807, 2.05) is 0 Å². The van der Waals surface area contributed by atoms with Gasteiger partial charge >= 0.3 is 0 Å². The number of rotatable bonds is 5. The molecule has 2 N–H and O–H groups in total. The van der Waals surface area contributed by atoms with E-state index in [1.165, 1.54) is 57.8 Å². The summed E-state index contributed by atoms with van der Waals surface area (Å²) in [5, 5.41) is 7.25. The molecular weight excluding hydrogens is 473 g/mol. The molecule has 3 unspecified atom stereocenters. The van der Waals surface area contributed by atoms with Crippen LogP contribution >= 0.6 is 24.0 Å². The van der Waals surface area contributed by atoms with Crippen LogP contribution in [0.1, 0.15) is 71.1 Å². The lowest BCUT2D eigenvalue weighted by atomic mass is 9.87. The molecule has 2 aliphatic carbocycles. The normalized spacial score (nSPS) is 31.9. The third-order valence-corrected chi connectivity index (χ3v) is 8.23. The second-order valence-corrected chi connectivity index (χ2v) is 11.2. The van der Waals surface area contributed by atoms with Crippen LogP contribution in [-0.4, -0.2) is 45.0 Å². The minimum Gasteiger partial charge on any atom is -0.356 e. The minimum atomic E-state index is -2.82. The van der Waals surface area contributed by atoms with Gasteiger partial charge in [-0.25, -0.2) is 8.42 Å². The number of aliphatic imine (C=N–C) groups is 1. The number of nitrogens with zero attached hydrogens (tertiary/aromatic N) is 1. The van der Waals surface area contributed by atoms with Crippen molar-refractivity contribution in [1.82, 2.24) is 10.6 Å². The fourth-order valence-corrected chi connectivity index (χ4v) is 6.63. The highest BCUT2D eigenvalue weighted by molar-refractivity contribution is 14.0. The second kappa shape index (κ2) is 11.2. The number of hydrogen-bond acceptors (Lipinski definition) is 3. The monoisotopic (exact) mass is 511 g/mol. The van der Waals surface area contributed by atoms with E-state index in [4.69, 9.17) is 4.99 Å². The van der Waals surface area contributed by atoms with Crippen LogP contribution in [0.5, 0.6) is 0 Å². The van der Waals surface area contributed by atoms with E-state index in [9.17, 15) is 8.42 Å². The van der Waals surface area contributed by atoms with Crippen molar-refractivity contribution in [3.63, 3.8) is 0 Å². The van der Waals surface area contributed by atoms with Crippen molar-refractivity contribution < 1.29 is 8.42 Å². The van der Waals surface area contributed by atoms with Gasteiger partial charge in [0, 0.05) is 19.1 Å². The van der Waals surface area contributed by atoms with Crippen molar-refractivity contribution >= 4 is 39.8 Å². The number of sulfone groups is 1. The molecule has 1 heterocycles. The van der Waals surface area contributed by atoms with Crippen molar-refractivity contribution in [3.05, 3.63) is 0 Å². The summed E-state index contributed by atoms with van der Waals surface area (Å²) in [6.45, 7) is 3.96. The van der Waals surface area contributed by atoms with Gasteiger partial charge in [-0.2, -0.15) is 0 Å². The quantitative estimate of drug-likeness (QED) is 0.335. The molecule has 0 aromatic carbocycles. The predicted octanol–water partition coefficient (Wildman–Crippen LogP) is 3.73. The second-order valence-electron chi connectivity index (χ2n) is 8.96. The molecule has 27 heavy (non-hydrogen) atoms. The molecular formula is C20H38IN3O2S. The van der Waals surface area contributed by atoms with Gasteiger partial charge in [-0.15, -0.1) is 24.0 Å². The van der Waals surface area contributed by atoms with E-state index in [-0.39, 0.29) is 29.9 Å². The lowest BCUT2D eigenvalue weighted by molar-refractivity contribution is 0.321. The smallest absolute Gasteiger partial charge is 0.191 e. The van der Waals surface area contributed by atoms with E-state index in [2.05, 4.69) is 17.6 Å². The van der Waals surface area contributed by atoms with E-state index in [0.717, 1.165) is 30.8 Å². The lowest BCUT2D eigenvalue weighted by Gasteiger charge is -2.30. The molecule has 7 heteroatoms. The first-order chi connectivity index (χ1) is 12.5. The van der Waals surface area contributed by atoms with Gasteiger partial charge < -0.3 is 10.6 Å². The van der Waals surface area contributed by atoms with Crippen LogP contribution in [0.25, 0.3) is 0 Å². The highest BCUT2D eigenvalue weighted by atomic mass is 127. The molecule has 0 bridgehead atoms. The zero-order valence-corrected chi connectivity index (χ0v) is 19.9. The van der Waals surface area contributed by atoms with Crippen LogP contribution in [0.2, 0.25) is 0 Å². The van der Waals surface area contributed by atoms with Crippen LogP contribution in [0, 0.1) is 17.8 Å². The van der Waals surface area contributed by atoms with Crippen molar-refractivity contribution in [2.75, 3.05) is 24.6 Å². The van der Waals surface area contributed by atoms with Crippen molar-refractivity contribution in [2.24, 2.45) is 22.7 Å². The van der Waals surface area contributed by atoms with E-state index < -0.39 is 9.84 Å². The summed E-state index contributed by atoms with van der Waals surface area (Å²) in [6, 6.07) is 0.503. The zero-order valence-electron chi connectivity index (χ0n) is 16.8. The molecule has 5 nitrogen and oxygen atoms in total. The predicted molar refractivity (Wildman–Crippen MR) is 124 cm³/mol. The Morgan fingerprint density at radius 2 is 1.78 bits per heavy atom. The Bertz CT molecular complexity index is 576. The molecule has 0 aromatic heterocycles. The first-order valence-corrected chi connectivity index (χ1v) is 12.6. The van der Waals surface area contributed by atoms with Crippen molar-refractivity contribution in [1.29, 1.82) is 0 Å². The molecule has 158 valence electrons. The van der Waals surface area contributed by atoms with Crippen LogP contribution in [0.4, 0.5) is 0 Å². The Morgan fingerprint density at radius 3 is 2.44 bits per heavy atom. The average Bonchev–Trinajstić information content (AvgIpc) is 2.97. The van der Waals surface area contributed by atoms with Gasteiger partial charge in [0.05, 0.1) is 11.5 Å². The molecule has 1 saturated heterocycles. The summed E-state index contributed by atoms with van der Waals surface area (Å²) in [4.78, 5) is 4.80. The van der Waals surface area contributed by atoms with Crippen LogP contribution in [0.3, 0.4) is 0 Å². The van der Waals surface area contributed by atoms with E-state index >= 15 is 0 Å². The Kier molecular flexibility index (Phi) is 9.65. The third-order valence-electron chi connectivity index (χ3n) is 6.39. The molecule has 0 radical (unpaired) electrons. The van der Waals surface area contributed by atoms with Crippen molar-refractivity contribution in [3.8, 4) is 0 Å². The molecule has 3 atom stereocenters. The minimum absolute atomic E-state index is 0. The Balaban J connectivity index is 0.00000261. The summed E-state index contributed by atoms with van der Waals surface area (Å²) in [7, 11) is -2.82. The Morgan fingerprint density at radius 1 is 1.00 bits per heavy atom. The zero-order chi connectivity index (χ0) is 18.4. The van der Waals surface area contributed by atoms with Gasteiger partial charge in [-0.3, -0.25) is 4.99 Å². The molecule has 1 aliphatic heterocycles. The van der Waals surface area contributed by atoms with Gasteiger partial charge in [0.2, 0.25) is 0 Å². The Labute approximate surface area is 182 Å². The summed E-state index contributed by atoms with van der Waals surface area (Å²) in [6.07, 6.45) is 12.5.